The zero-order chi connectivity index (χ0) is 24.0. The van der Waals surface area contributed by atoms with Gasteiger partial charge in [0.25, 0.3) is 5.91 Å². The van der Waals surface area contributed by atoms with Crippen molar-refractivity contribution in [3.05, 3.63) is 24.3 Å². The summed E-state index contributed by atoms with van der Waals surface area (Å²) in [5.74, 6) is -0.986. The zero-order valence-corrected chi connectivity index (χ0v) is 20.7. The molecule has 2 spiro atoms. The fourth-order valence-electron chi connectivity index (χ4n) is 6.30. The maximum atomic E-state index is 13.7. The van der Waals surface area contributed by atoms with Crippen LogP contribution in [0.25, 0.3) is 0 Å². The van der Waals surface area contributed by atoms with Gasteiger partial charge in [0.15, 0.2) is 24.0 Å². The van der Waals surface area contributed by atoms with Crippen LogP contribution in [0.15, 0.2) is 24.3 Å². The number of fused-ring (bicyclic) bond motifs is 3. The van der Waals surface area contributed by atoms with E-state index in [4.69, 9.17) is 28.4 Å². The summed E-state index contributed by atoms with van der Waals surface area (Å²) in [6.45, 7) is 3.92. The highest BCUT2D eigenvalue weighted by Gasteiger charge is 2.65. The number of carbonyl (C=O) groups excluding carboxylic acids is 1. The maximum Gasteiger partial charge on any atom is 0.256 e. The maximum absolute atomic E-state index is 13.7. The molecule has 8 heteroatoms. The Balaban J connectivity index is 1.26. The second-order valence-corrected chi connectivity index (χ2v) is 10.9. The Morgan fingerprint density at radius 2 is 1.46 bits per heavy atom. The van der Waals surface area contributed by atoms with Gasteiger partial charge in [0.1, 0.15) is 24.1 Å². The average molecular weight is 488 g/mol. The fraction of sp³-hybridized carbons (Fsp3) is 0.741. The molecule has 3 heterocycles. The van der Waals surface area contributed by atoms with Crippen LogP contribution in [0, 0.1) is 0 Å². The molecule has 192 valence electrons. The first kappa shape index (κ1) is 23.7. The molecule has 0 aromatic heterocycles. The van der Waals surface area contributed by atoms with Gasteiger partial charge in [-0.15, -0.1) is 0 Å². The van der Waals surface area contributed by atoms with Gasteiger partial charge in [-0.25, -0.2) is 0 Å². The molecule has 0 bridgehead atoms. The van der Waals surface area contributed by atoms with E-state index in [1.54, 1.807) is 0 Å². The van der Waals surface area contributed by atoms with Crippen molar-refractivity contribution < 1.29 is 33.2 Å². The van der Waals surface area contributed by atoms with Crippen LogP contribution in [0.5, 0.6) is 5.75 Å². The Morgan fingerprint density at radius 1 is 0.857 bits per heavy atom. The molecule has 6 rings (SSSR count). The number of rotatable bonds is 4. The summed E-state index contributed by atoms with van der Waals surface area (Å²) in [5, 5.41) is 3.02. The average Bonchev–Trinajstić information content (AvgIpc) is 3.38. The molecular formula is C27H37NO7. The second kappa shape index (κ2) is 9.30. The summed E-state index contributed by atoms with van der Waals surface area (Å²) >= 11 is 0. The van der Waals surface area contributed by atoms with E-state index in [1.165, 1.54) is 12.8 Å². The molecule has 2 saturated carbocycles. The molecule has 2 aliphatic carbocycles. The number of nitrogens with one attached hydrogen (secondary N) is 1. The van der Waals surface area contributed by atoms with Crippen molar-refractivity contribution in [2.24, 2.45) is 0 Å². The van der Waals surface area contributed by atoms with Crippen molar-refractivity contribution in [1.29, 1.82) is 0 Å². The van der Waals surface area contributed by atoms with E-state index in [0.29, 0.717) is 11.4 Å². The van der Waals surface area contributed by atoms with Gasteiger partial charge in [0, 0.05) is 25.7 Å². The predicted octanol–water partition coefficient (Wildman–Crippen LogP) is 4.66. The lowest BCUT2D eigenvalue weighted by atomic mass is 9.94. The summed E-state index contributed by atoms with van der Waals surface area (Å²) in [7, 11) is 0. The van der Waals surface area contributed by atoms with Crippen LogP contribution >= 0.6 is 0 Å². The van der Waals surface area contributed by atoms with E-state index >= 15 is 0 Å². The van der Waals surface area contributed by atoms with Gasteiger partial charge < -0.3 is 33.7 Å². The van der Waals surface area contributed by atoms with Crippen molar-refractivity contribution >= 4 is 11.6 Å². The van der Waals surface area contributed by atoms with Crippen LogP contribution < -0.4 is 10.1 Å². The number of hydrogen-bond donors (Lipinski definition) is 1. The lowest BCUT2D eigenvalue weighted by Crippen LogP contribution is -2.58. The van der Waals surface area contributed by atoms with E-state index in [9.17, 15) is 4.79 Å². The van der Waals surface area contributed by atoms with Gasteiger partial charge in [0.2, 0.25) is 0 Å². The molecule has 5 fully saturated rings. The quantitative estimate of drug-likeness (QED) is 0.661. The van der Waals surface area contributed by atoms with Gasteiger partial charge in [-0.2, -0.15) is 0 Å². The largest absolute Gasteiger partial charge is 0.489 e. The molecule has 1 aromatic rings. The Hall–Kier alpha value is -1.71. The minimum atomic E-state index is -0.878. The SMILES string of the molecule is CC(C)Oc1ccccc1NC(=O)C1OC2OC3(CCCCC3)OC2C2OC3(CCCCC3)OC12. The van der Waals surface area contributed by atoms with E-state index in [1.807, 2.05) is 38.1 Å². The predicted molar refractivity (Wildman–Crippen MR) is 127 cm³/mol. The number of ether oxygens (including phenoxy) is 6. The van der Waals surface area contributed by atoms with Crippen molar-refractivity contribution in [2.45, 2.75) is 126 Å². The molecule has 3 saturated heterocycles. The second-order valence-electron chi connectivity index (χ2n) is 10.9. The van der Waals surface area contributed by atoms with Crippen molar-refractivity contribution in [3.8, 4) is 5.75 Å². The minimum Gasteiger partial charge on any atom is -0.489 e. The highest BCUT2D eigenvalue weighted by molar-refractivity contribution is 5.96. The van der Waals surface area contributed by atoms with Crippen LogP contribution in [0.4, 0.5) is 5.69 Å². The third kappa shape index (κ3) is 4.48. The summed E-state index contributed by atoms with van der Waals surface area (Å²) in [6, 6.07) is 7.44. The fourth-order valence-corrected chi connectivity index (χ4v) is 6.30. The summed E-state index contributed by atoms with van der Waals surface area (Å²) in [5.41, 5.74) is 0.604. The molecule has 8 nitrogen and oxygen atoms in total. The first-order valence-electron chi connectivity index (χ1n) is 13.4. The molecule has 1 N–H and O–H groups in total. The van der Waals surface area contributed by atoms with Crippen LogP contribution in [-0.4, -0.2) is 54.3 Å². The third-order valence-corrected chi connectivity index (χ3v) is 7.88. The van der Waals surface area contributed by atoms with Gasteiger partial charge in [-0.3, -0.25) is 4.79 Å². The number of hydrogen-bond acceptors (Lipinski definition) is 7. The van der Waals surface area contributed by atoms with E-state index in [-0.39, 0.29) is 12.0 Å². The number of anilines is 1. The molecule has 5 atom stereocenters. The Morgan fingerprint density at radius 3 is 2.14 bits per heavy atom. The summed E-state index contributed by atoms with van der Waals surface area (Å²) in [6.07, 6.45) is 6.97. The van der Waals surface area contributed by atoms with Crippen molar-refractivity contribution in [1.82, 2.24) is 0 Å². The van der Waals surface area contributed by atoms with Gasteiger partial charge in [-0.1, -0.05) is 25.0 Å². The Kier molecular flexibility index (Phi) is 6.29. The monoisotopic (exact) mass is 487 g/mol. The van der Waals surface area contributed by atoms with Crippen LogP contribution in [0.1, 0.15) is 78.1 Å². The van der Waals surface area contributed by atoms with Gasteiger partial charge in [-0.05, 0) is 51.7 Å². The van der Waals surface area contributed by atoms with E-state index < -0.39 is 42.3 Å². The molecule has 5 unspecified atom stereocenters. The molecular weight excluding hydrogens is 450 g/mol. The van der Waals surface area contributed by atoms with E-state index in [2.05, 4.69) is 5.32 Å². The molecule has 1 amide bonds. The molecule has 35 heavy (non-hydrogen) atoms. The molecule has 5 aliphatic rings. The minimum absolute atomic E-state index is 0.0161. The van der Waals surface area contributed by atoms with Crippen molar-refractivity contribution in [3.63, 3.8) is 0 Å². The zero-order valence-electron chi connectivity index (χ0n) is 20.7. The lowest BCUT2D eigenvalue weighted by molar-refractivity contribution is -0.246. The highest BCUT2D eigenvalue weighted by atomic mass is 16.9. The topological polar surface area (TPSA) is 84.5 Å². The first-order chi connectivity index (χ1) is 17.0. The van der Waals surface area contributed by atoms with Gasteiger partial charge in [0.05, 0.1) is 11.8 Å². The number of para-hydroxylation sites is 2. The van der Waals surface area contributed by atoms with Crippen LogP contribution in [0.3, 0.4) is 0 Å². The first-order valence-corrected chi connectivity index (χ1v) is 13.4. The Labute approximate surface area is 206 Å². The molecule has 3 aliphatic heterocycles. The summed E-state index contributed by atoms with van der Waals surface area (Å²) in [4.78, 5) is 13.7. The normalized spacial score (nSPS) is 35.1. The molecule has 0 radical (unpaired) electrons. The third-order valence-electron chi connectivity index (χ3n) is 7.88. The Bertz CT molecular complexity index is 924. The van der Waals surface area contributed by atoms with Crippen LogP contribution in [-0.2, 0) is 28.5 Å². The summed E-state index contributed by atoms with van der Waals surface area (Å²) < 4.78 is 38.4. The number of benzene rings is 1. The number of carbonyl (C=O) groups is 1. The van der Waals surface area contributed by atoms with E-state index in [0.717, 1.165) is 51.4 Å². The standard InChI is InChI=1S/C27H37NO7/c1-17(2)30-19-12-6-5-11-18(19)28-24(29)22-20-21(33-26(32-20)13-7-3-8-14-26)23-25(31-22)35-27(34-23)15-9-4-10-16-27/h5-6,11-12,17,20-23,25H,3-4,7-10,13-16H2,1-2H3,(H,28,29). The van der Waals surface area contributed by atoms with Gasteiger partial charge >= 0.3 is 0 Å². The number of amides is 1. The van der Waals surface area contributed by atoms with Crippen LogP contribution in [0.2, 0.25) is 0 Å². The highest BCUT2D eigenvalue weighted by Crippen LogP contribution is 2.51. The lowest BCUT2D eigenvalue weighted by Gasteiger charge is -2.36. The molecule has 1 aromatic carbocycles. The smallest absolute Gasteiger partial charge is 0.256 e. The van der Waals surface area contributed by atoms with Crippen molar-refractivity contribution in [2.75, 3.05) is 5.32 Å².